The number of rotatable bonds is 6. The maximum Gasteiger partial charge on any atom is 0.349 e. The van der Waals surface area contributed by atoms with Crippen LogP contribution in [0.3, 0.4) is 0 Å². The Kier molecular flexibility index (Phi) is 6.31. The van der Waals surface area contributed by atoms with E-state index in [0.717, 1.165) is 6.42 Å². The highest BCUT2D eigenvalue weighted by molar-refractivity contribution is 5.89. The average molecular weight is 379 g/mol. The second-order valence-corrected chi connectivity index (χ2v) is 6.64. The second kappa shape index (κ2) is 8.53. The van der Waals surface area contributed by atoms with Crippen LogP contribution in [0, 0.1) is 3.57 Å². The maximum atomic E-state index is 11.7. The highest BCUT2D eigenvalue weighted by atomic mass is 127. The first-order valence-corrected chi connectivity index (χ1v) is 8.74. The summed E-state index contributed by atoms with van der Waals surface area (Å²) in [4.78, 5) is 11.7. The van der Waals surface area contributed by atoms with E-state index in [4.69, 9.17) is 4.74 Å². The summed E-state index contributed by atoms with van der Waals surface area (Å²) in [7, 11) is 0. The highest BCUT2D eigenvalue weighted by Crippen LogP contribution is 2.01. The molecule has 0 aliphatic rings. The summed E-state index contributed by atoms with van der Waals surface area (Å²) in [5.41, 5.74) is 0.605. The molecule has 2 rings (SSSR count). The minimum Gasteiger partial charge on any atom is -0.462 e. The van der Waals surface area contributed by atoms with Crippen LogP contribution in [0.4, 0.5) is 0 Å². The van der Waals surface area contributed by atoms with Gasteiger partial charge in [0.1, 0.15) is 0 Å². The molecule has 0 unspecified atom stereocenters. The molecule has 0 N–H and O–H groups in total. The smallest absolute Gasteiger partial charge is 0.349 e. The number of carbonyl (C=O) groups is 1. The van der Waals surface area contributed by atoms with Crippen molar-refractivity contribution in [1.82, 2.24) is 0 Å². The van der Waals surface area contributed by atoms with Gasteiger partial charge in [0, 0.05) is 6.42 Å². The Labute approximate surface area is 129 Å². The fourth-order valence-corrected chi connectivity index (χ4v) is 3.40. The molecule has 2 aromatic rings. The van der Waals surface area contributed by atoms with Gasteiger partial charge in [-0.25, -0.2) is 4.79 Å². The third-order valence-corrected chi connectivity index (χ3v) is 4.84. The summed E-state index contributed by atoms with van der Waals surface area (Å²) in [6.07, 6.45) is 2.86. The molecule has 2 aromatic carbocycles. The van der Waals surface area contributed by atoms with Gasteiger partial charge in [-0.2, -0.15) is 0 Å². The molecule has 0 atom stereocenters. The molecular weight excluding hydrogens is 363 g/mol. The summed E-state index contributed by atoms with van der Waals surface area (Å²) < 4.78 is 8.81. The molecule has 102 valence electrons. The van der Waals surface area contributed by atoms with Crippen molar-refractivity contribution in [2.75, 3.05) is 6.61 Å². The van der Waals surface area contributed by atoms with E-state index < -0.39 is 0 Å². The normalized spacial score (nSPS) is 10.6. The second-order valence-electron chi connectivity index (χ2n) is 4.06. The molecule has 0 aliphatic heterocycles. The minimum atomic E-state index is -0.253. The number of hydrogen-bond donors (Lipinski definition) is 0. The number of ether oxygens (including phenoxy) is 1. The van der Waals surface area contributed by atoms with Gasteiger partial charge in [-0.15, -0.1) is 0 Å². The van der Waals surface area contributed by atoms with Crippen molar-refractivity contribution in [1.29, 1.82) is 0 Å². The maximum absolute atomic E-state index is 11.7. The first-order valence-electron chi connectivity index (χ1n) is 6.42. The van der Waals surface area contributed by atoms with E-state index in [-0.39, 0.29) is 27.2 Å². The number of hydrogen-bond acceptors (Lipinski definition) is 2. The molecule has 20 heavy (non-hydrogen) atoms. The summed E-state index contributed by atoms with van der Waals surface area (Å²) in [5, 5.41) is 0. The molecule has 0 heterocycles. The van der Waals surface area contributed by atoms with E-state index in [9.17, 15) is 4.79 Å². The van der Waals surface area contributed by atoms with Crippen LogP contribution in [0.2, 0.25) is 0 Å². The van der Waals surface area contributed by atoms with Gasteiger partial charge in [-0.05, 0) is 30.3 Å². The van der Waals surface area contributed by atoms with Gasteiger partial charge in [0.2, 0.25) is 0 Å². The summed E-state index contributed by atoms with van der Waals surface area (Å²) in [6.45, 7) is 0.433. The van der Waals surface area contributed by atoms with Crippen LogP contribution in [0.1, 0.15) is 16.8 Å². The van der Waals surface area contributed by atoms with E-state index >= 15 is 0 Å². The van der Waals surface area contributed by atoms with E-state index in [1.807, 2.05) is 24.3 Å². The first-order chi connectivity index (χ1) is 9.86. The SMILES string of the molecule is O=C(OCC/C=C\[I+]c1ccccc1)c1ccccc1. The van der Waals surface area contributed by atoms with Crippen molar-refractivity contribution in [3.63, 3.8) is 0 Å². The van der Waals surface area contributed by atoms with E-state index in [0.29, 0.717) is 12.2 Å². The predicted molar refractivity (Wildman–Crippen MR) is 75.6 cm³/mol. The van der Waals surface area contributed by atoms with Gasteiger partial charge in [0.15, 0.2) is 7.65 Å². The Bertz CT molecular complexity index is 550. The quantitative estimate of drug-likeness (QED) is 0.420. The van der Waals surface area contributed by atoms with Crippen LogP contribution >= 0.6 is 0 Å². The topological polar surface area (TPSA) is 26.3 Å². The monoisotopic (exact) mass is 379 g/mol. The highest BCUT2D eigenvalue weighted by Gasteiger charge is 2.06. The van der Waals surface area contributed by atoms with Crippen molar-refractivity contribution in [2.45, 2.75) is 6.42 Å². The van der Waals surface area contributed by atoms with Crippen molar-refractivity contribution in [2.24, 2.45) is 0 Å². The number of carbonyl (C=O) groups excluding carboxylic acids is 1. The zero-order valence-corrected chi connectivity index (χ0v) is 13.2. The van der Waals surface area contributed by atoms with Gasteiger partial charge < -0.3 is 4.74 Å². The van der Waals surface area contributed by atoms with E-state index in [2.05, 4.69) is 34.4 Å². The zero-order valence-electron chi connectivity index (χ0n) is 11.0. The zero-order chi connectivity index (χ0) is 14.0. The molecule has 0 bridgehead atoms. The Balaban J connectivity index is 1.65. The Morgan fingerprint density at radius 2 is 1.65 bits per heavy atom. The number of halogens is 1. The lowest BCUT2D eigenvalue weighted by Crippen LogP contribution is -3.59. The van der Waals surface area contributed by atoms with E-state index in [1.165, 1.54) is 3.57 Å². The fraction of sp³-hybridized carbons (Fsp3) is 0.118. The summed E-state index contributed by atoms with van der Waals surface area (Å²) in [6, 6.07) is 19.5. The molecule has 2 nitrogen and oxygen atoms in total. The number of benzene rings is 2. The molecule has 3 heteroatoms. The molecule has 0 saturated carbocycles. The van der Waals surface area contributed by atoms with Crippen LogP contribution in [0.5, 0.6) is 0 Å². The van der Waals surface area contributed by atoms with E-state index in [1.54, 1.807) is 12.1 Å². The minimum absolute atomic E-state index is 0.0724. The van der Waals surface area contributed by atoms with Crippen LogP contribution in [0.15, 0.2) is 70.8 Å². The third kappa shape index (κ3) is 5.17. The summed E-state index contributed by atoms with van der Waals surface area (Å²) in [5.74, 6) is -0.253. The molecule has 0 saturated heterocycles. The van der Waals surface area contributed by atoms with Gasteiger partial charge in [0.05, 0.1) is 12.2 Å². The molecule has 0 aromatic heterocycles. The standard InChI is InChI=1S/C17H16IO2/c19-17(15-9-3-1-4-10-15)20-14-8-7-13-18-16-11-5-2-6-12-16/h1-7,9-13H,8,14H2/q+1/b13-7-. The van der Waals surface area contributed by atoms with Gasteiger partial charge in [0.25, 0.3) is 0 Å². The molecule has 0 amide bonds. The van der Waals surface area contributed by atoms with Crippen LogP contribution in [-0.4, -0.2) is 12.6 Å². The first kappa shape index (κ1) is 14.8. The lowest BCUT2D eigenvalue weighted by Gasteiger charge is -2.01. The predicted octanol–water partition coefficient (Wildman–Crippen LogP) is 0.706. The Hall–Kier alpha value is -1.62. The van der Waals surface area contributed by atoms with Crippen molar-refractivity contribution >= 4 is 5.97 Å². The average Bonchev–Trinajstić information content (AvgIpc) is 2.52. The lowest BCUT2D eigenvalue weighted by atomic mass is 10.2. The Morgan fingerprint density at radius 1 is 1.00 bits per heavy atom. The van der Waals surface area contributed by atoms with Crippen LogP contribution in [0.25, 0.3) is 0 Å². The van der Waals surface area contributed by atoms with Crippen LogP contribution in [-0.2, 0) is 4.74 Å². The molecular formula is C17H16IO2+. The van der Waals surface area contributed by atoms with Crippen molar-refractivity contribution in [3.05, 3.63) is 80.0 Å². The largest absolute Gasteiger partial charge is 0.462 e. The van der Waals surface area contributed by atoms with Gasteiger partial charge in [-0.3, -0.25) is 0 Å². The molecule has 0 aliphatic carbocycles. The molecule has 0 radical (unpaired) electrons. The van der Waals surface area contributed by atoms with Gasteiger partial charge in [-0.1, -0.05) is 36.4 Å². The van der Waals surface area contributed by atoms with Crippen molar-refractivity contribution in [3.8, 4) is 0 Å². The Morgan fingerprint density at radius 3 is 2.35 bits per heavy atom. The molecule has 0 spiro atoms. The fourth-order valence-electron chi connectivity index (χ4n) is 1.54. The lowest BCUT2D eigenvalue weighted by molar-refractivity contribution is -0.557. The van der Waals surface area contributed by atoms with Gasteiger partial charge >= 0.3 is 27.2 Å². The summed E-state index contributed by atoms with van der Waals surface area (Å²) >= 11 is -0.0724. The number of esters is 1. The third-order valence-electron chi connectivity index (χ3n) is 2.54. The van der Waals surface area contributed by atoms with Crippen molar-refractivity contribution < 1.29 is 30.7 Å². The van der Waals surface area contributed by atoms with Crippen LogP contribution < -0.4 is 21.2 Å². The molecule has 0 fully saturated rings.